The first-order valence-corrected chi connectivity index (χ1v) is 6.01. The monoisotopic (exact) mass is 238 g/mol. The van der Waals surface area contributed by atoms with E-state index in [0.717, 1.165) is 6.54 Å². The van der Waals surface area contributed by atoms with E-state index in [0.29, 0.717) is 0 Å². The largest absolute Gasteiger partial charge is 0.353 e. The number of carbonyl (C=O) groups is 1. The third kappa shape index (κ3) is 4.99. The van der Waals surface area contributed by atoms with E-state index in [2.05, 4.69) is 22.5 Å². The van der Waals surface area contributed by atoms with E-state index >= 15 is 0 Å². The van der Waals surface area contributed by atoms with Crippen molar-refractivity contribution >= 4 is 5.91 Å². The molecule has 1 rings (SSSR count). The van der Waals surface area contributed by atoms with Gasteiger partial charge in [0.1, 0.15) is 0 Å². The second kappa shape index (κ2) is 6.39. The van der Waals surface area contributed by atoms with Crippen molar-refractivity contribution in [1.29, 1.82) is 0 Å². The van der Waals surface area contributed by atoms with Crippen LogP contribution in [0.15, 0.2) is 18.7 Å². The standard InChI is InChI=1S/C12H22N4O/c1-9(2)14-12(17)11(4)15-10(3)7-16-6-5-13-8-16/h5-6,8-11,15H,7H2,1-4H3,(H,14,17). The van der Waals surface area contributed by atoms with Gasteiger partial charge in [-0.05, 0) is 27.7 Å². The summed E-state index contributed by atoms with van der Waals surface area (Å²) in [6.07, 6.45) is 5.44. The summed E-state index contributed by atoms with van der Waals surface area (Å²) in [6, 6.07) is 0.212. The van der Waals surface area contributed by atoms with Gasteiger partial charge in [0.25, 0.3) is 0 Å². The molecule has 1 aromatic rings. The van der Waals surface area contributed by atoms with Crippen molar-refractivity contribution in [2.45, 2.75) is 52.4 Å². The van der Waals surface area contributed by atoms with Gasteiger partial charge >= 0.3 is 0 Å². The number of hydrogen-bond donors (Lipinski definition) is 2. The van der Waals surface area contributed by atoms with E-state index in [1.807, 2.05) is 31.5 Å². The lowest BCUT2D eigenvalue weighted by atomic mass is 10.2. The first-order chi connectivity index (χ1) is 7.99. The molecule has 96 valence electrons. The molecule has 0 aliphatic heterocycles. The smallest absolute Gasteiger partial charge is 0.237 e. The van der Waals surface area contributed by atoms with E-state index in [1.54, 1.807) is 12.5 Å². The maximum Gasteiger partial charge on any atom is 0.237 e. The SMILES string of the molecule is CC(C)NC(=O)C(C)NC(C)Cn1ccnc1. The lowest BCUT2D eigenvalue weighted by molar-refractivity contribution is -0.123. The summed E-state index contributed by atoms with van der Waals surface area (Å²) in [4.78, 5) is 15.7. The van der Waals surface area contributed by atoms with Crippen LogP contribution in [0.25, 0.3) is 0 Å². The van der Waals surface area contributed by atoms with Gasteiger partial charge in [-0.3, -0.25) is 4.79 Å². The van der Waals surface area contributed by atoms with E-state index in [4.69, 9.17) is 0 Å². The summed E-state index contributed by atoms with van der Waals surface area (Å²) in [5.74, 6) is 0.0393. The minimum absolute atomic E-state index is 0.0393. The molecule has 0 aromatic carbocycles. The molecule has 0 aliphatic rings. The second-order valence-corrected chi connectivity index (χ2v) is 4.71. The lowest BCUT2D eigenvalue weighted by Crippen LogP contribution is -2.48. The van der Waals surface area contributed by atoms with Gasteiger partial charge in [0.05, 0.1) is 12.4 Å². The van der Waals surface area contributed by atoms with Crippen molar-refractivity contribution < 1.29 is 4.79 Å². The Morgan fingerprint density at radius 3 is 2.59 bits per heavy atom. The maximum absolute atomic E-state index is 11.7. The number of hydrogen-bond acceptors (Lipinski definition) is 3. The third-order valence-electron chi connectivity index (χ3n) is 2.40. The summed E-state index contributed by atoms with van der Waals surface area (Å²) >= 11 is 0. The zero-order valence-corrected chi connectivity index (χ0v) is 11.0. The number of carbonyl (C=O) groups excluding carboxylic acids is 1. The van der Waals surface area contributed by atoms with E-state index in [1.165, 1.54) is 0 Å². The molecule has 2 atom stereocenters. The Hall–Kier alpha value is -1.36. The molecule has 0 spiro atoms. The molecule has 5 heteroatoms. The van der Waals surface area contributed by atoms with Crippen LogP contribution in [0, 0.1) is 0 Å². The molecule has 0 radical (unpaired) electrons. The van der Waals surface area contributed by atoms with Gasteiger partial charge < -0.3 is 15.2 Å². The van der Waals surface area contributed by atoms with Gasteiger partial charge in [0.2, 0.25) is 5.91 Å². The van der Waals surface area contributed by atoms with E-state index < -0.39 is 0 Å². The number of rotatable bonds is 6. The van der Waals surface area contributed by atoms with Gasteiger partial charge in [-0.15, -0.1) is 0 Å². The highest BCUT2D eigenvalue weighted by molar-refractivity contribution is 5.81. The lowest BCUT2D eigenvalue weighted by Gasteiger charge is -2.21. The minimum atomic E-state index is -0.184. The molecule has 0 saturated heterocycles. The van der Waals surface area contributed by atoms with Gasteiger partial charge in [0.15, 0.2) is 0 Å². The highest BCUT2D eigenvalue weighted by Gasteiger charge is 2.15. The highest BCUT2D eigenvalue weighted by atomic mass is 16.2. The van der Waals surface area contributed by atoms with Crippen molar-refractivity contribution in [3.8, 4) is 0 Å². The Labute approximate surface area is 103 Å². The average Bonchev–Trinajstić information content (AvgIpc) is 2.68. The van der Waals surface area contributed by atoms with Crippen molar-refractivity contribution in [1.82, 2.24) is 20.2 Å². The molecule has 0 saturated carbocycles. The van der Waals surface area contributed by atoms with Crippen LogP contribution in [0.1, 0.15) is 27.7 Å². The van der Waals surface area contributed by atoms with Crippen molar-refractivity contribution in [3.05, 3.63) is 18.7 Å². The number of nitrogens with zero attached hydrogens (tertiary/aromatic N) is 2. The van der Waals surface area contributed by atoms with Crippen LogP contribution in [0.4, 0.5) is 0 Å². The molecular weight excluding hydrogens is 216 g/mol. The Morgan fingerprint density at radius 2 is 2.06 bits per heavy atom. The topological polar surface area (TPSA) is 59.0 Å². The molecule has 5 nitrogen and oxygen atoms in total. The molecule has 2 N–H and O–H groups in total. The average molecular weight is 238 g/mol. The first kappa shape index (κ1) is 13.7. The Bertz CT molecular complexity index is 334. The minimum Gasteiger partial charge on any atom is -0.353 e. The van der Waals surface area contributed by atoms with Crippen LogP contribution in [0.5, 0.6) is 0 Å². The summed E-state index contributed by atoms with van der Waals surface area (Å²) in [7, 11) is 0. The quantitative estimate of drug-likeness (QED) is 0.770. The fourth-order valence-corrected chi connectivity index (χ4v) is 1.68. The van der Waals surface area contributed by atoms with Gasteiger partial charge in [-0.2, -0.15) is 0 Å². The van der Waals surface area contributed by atoms with Gasteiger partial charge in [0, 0.05) is 31.0 Å². The van der Waals surface area contributed by atoms with Crippen LogP contribution in [-0.4, -0.2) is 33.6 Å². The number of nitrogens with one attached hydrogen (secondary N) is 2. The van der Waals surface area contributed by atoms with E-state index in [-0.39, 0.29) is 24.0 Å². The zero-order valence-electron chi connectivity index (χ0n) is 11.0. The fourth-order valence-electron chi connectivity index (χ4n) is 1.68. The van der Waals surface area contributed by atoms with Crippen LogP contribution < -0.4 is 10.6 Å². The van der Waals surface area contributed by atoms with Crippen LogP contribution in [-0.2, 0) is 11.3 Å². The Morgan fingerprint density at radius 1 is 1.35 bits per heavy atom. The molecule has 17 heavy (non-hydrogen) atoms. The summed E-state index contributed by atoms with van der Waals surface area (Å²) < 4.78 is 1.99. The molecule has 1 heterocycles. The normalized spacial score (nSPS) is 14.6. The number of aromatic nitrogens is 2. The molecule has 1 aromatic heterocycles. The van der Waals surface area contributed by atoms with Crippen LogP contribution >= 0.6 is 0 Å². The second-order valence-electron chi connectivity index (χ2n) is 4.71. The Kier molecular flexibility index (Phi) is 5.15. The zero-order chi connectivity index (χ0) is 12.8. The number of imidazole rings is 1. The predicted octanol–water partition coefficient (Wildman–Crippen LogP) is 0.774. The van der Waals surface area contributed by atoms with Gasteiger partial charge in [-0.1, -0.05) is 0 Å². The molecule has 0 aliphatic carbocycles. The first-order valence-electron chi connectivity index (χ1n) is 6.01. The number of amides is 1. The van der Waals surface area contributed by atoms with E-state index in [9.17, 15) is 4.79 Å². The summed E-state index contributed by atoms with van der Waals surface area (Å²) in [6.45, 7) is 8.65. The van der Waals surface area contributed by atoms with Crippen molar-refractivity contribution in [2.24, 2.45) is 0 Å². The van der Waals surface area contributed by atoms with Crippen molar-refractivity contribution in [3.63, 3.8) is 0 Å². The van der Waals surface area contributed by atoms with Gasteiger partial charge in [-0.25, -0.2) is 4.98 Å². The molecule has 2 unspecified atom stereocenters. The molecule has 0 fully saturated rings. The summed E-state index contributed by atoms with van der Waals surface area (Å²) in [5, 5.41) is 6.15. The van der Waals surface area contributed by atoms with Crippen LogP contribution in [0.2, 0.25) is 0 Å². The molecule has 0 bridgehead atoms. The molecule has 1 amide bonds. The predicted molar refractivity (Wildman–Crippen MR) is 67.6 cm³/mol. The van der Waals surface area contributed by atoms with Crippen LogP contribution in [0.3, 0.4) is 0 Å². The molecular formula is C12H22N4O. The third-order valence-corrected chi connectivity index (χ3v) is 2.40. The Balaban J connectivity index is 2.35. The maximum atomic E-state index is 11.7. The fraction of sp³-hybridized carbons (Fsp3) is 0.667. The summed E-state index contributed by atoms with van der Waals surface area (Å²) in [5.41, 5.74) is 0. The highest BCUT2D eigenvalue weighted by Crippen LogP contribution is 1.94. The van der Waals surface area contributed by atoms with Crippen molar-refractivity contribution in [2.75, 3.05) is 0 Å².